The second-order valence-corrected chi connectivity index (χ2v) is 7.77. The number of aliphatic hydroxyl groups excluding tert-OH is 1. The number of nitrogens with zero attached hydrogens (tertiary/aromatic N) is 1. The number of hydrogen-bond donors (Lipinski definition) is 3. The van der Waals surface area contributed by atoms with Gasteiger partial charge in [0, 0.05) is 17.0 Å². The summed E-state index contributed by atoms with van der Waals surface area (Å²) in [4.78, 5) is 17.6. The molecule has 1 aliphatic heterocycles. The smallest absolute Gasteiger partial charge is 0.254 e. The summed E-state index contributed by atoms with van der Waals surface area (Å²) in [5, 5.41) is 18.8. The van der Waals surface area contributed by atoms with Crippen LogP contribution in [0.3, 0.4) is 0 Å². The van der Waals surface area contributed by atoms with Crippen molar-refractivity contribution in [3.05, 3.63) is 77.5 Å². The van der Waals surface area contributed by atoms with Gasteiger partial charge < -0.3 is 15.7 Å². The molecule has 2 heterocycles. The maximum Gasteiger partial charge on any atom is 0.254 e. The van der Waals surface area contributed by atoms with Crippen LogP contribution in [-0.2, 0) is 5.41 Å². The summed E-state index contributed by atoms with van der Waals surface area (Å²) in [6, 6.07) is 17.1. The average molecular weight is 373 g/mol. The molecule has 2 aliphatic rings. The fourth-order valence-corrected chi connectivity index (χ4v) is 4.97. The van der Waals surface area contributed by atoms with E-state index in [1.54, 1.807) is 12.3 Å². The fraction of sp³-hybridized carbons (Fsp3) is 0.304. The largest absolute Gasteiger partial charge is 0.390 e. The number of nitrogens with one attached hydrogen (secondary N) is 2. The van der Waals surface area contributed by atoms with Crippen molar-refractivity contribution < 1.29 is 9.90 Å². The Morgan fingerprint density at radius 1 is 1.07 bits per heavy atom. The van der Waals surface area contributed by atoms with E-state index in [0.717, 1.165) is 36.9 Å². The lowest BCUT2D eigenvalue weighted by molar-refractivity contribution is 0.0418. The third-order valence-corrected chi connectivity index (χ3v) is 6.37. The molecule has 1 fully saturated rings. The van der Waals surface area contributed by atoms with Gasteiger partial charge in [0.25, 0.3) is 5.91 Å². The van der Waals surface area contributed by atoms with Gasteiger partial charge in [-0.1, -0.05) is 42.5 Å². The fourth-order valence-electron chi connectivity index (χ4n) is 4.97. The lowest BCUT2D eigenvalue weighted by atomic mass is 9.72. The van der Waals surface area contributed by atoms with Gasteiger partial charge in [0.15, 0.2) is 0 Å². The van der Waals surface area contributed by atoms with Crippen molar-refractivity contribution in [1.82, 2.24) is 15.6 Å². The molecule has 3 N–H and O–H groups in total. The first kappa shape index (κ1) is 17.3. The van der Waals surface area contributed by atoms with Crippen LogP contribution in [0.1, 0.15) is 40.4 Å². The number of carbonyl (C=O) groups is 1. The van der Waals surface area contributed by atoms with E-state index >= 15 is 0 Å². The number of rotatable bonds is 2. The molecule has 2 atom stereocenters. The Hall–Kier alpha value is -2.76. The van der Waals surface area contributed by atoms with E-state index in [2.05, 4.69) is 21.7 Å². The first-order chi connectivity index (χ1) is 13.7. The van der Waals surface area contributed by atoms with Gasteiger partial charge in [-0.05, 0) is 49.2 Å². The molecule has 1 spiro atoms. The molecule has 1 aromatic heterocycles. The number of carbonyl (C=O) groups excluding carboxylic acids is 1. The first-order valence-corrected chi connectivity index (χ1v) is 9.83. The van der Waals surface area contributed by atoms with Gasteiger partial charge in [0.05, 0.1) is 23.2 Å². The van der Waals surface area contributed by atoms with Crippen molar-refractivity contribution in [1.29, 1.82) is 0 Å². The van der Waals surface area contributed by atoms with E-state index in [1.165, 1.54) is 5.56 Å². The molecule has 1 aliphatic carbocycles. The summed E-state index contributed by atoms with van der Waals surface area (Å²) in [5.74, 6) is -0.200. The standard InChI is InChI=1S/C23H23N3O2/c27-21-20(16-7-1-2-9-18(16)23(21)10-13-24-14-11-23)26-22(28)17-8-3-5-15-6-4-12-25-19(15)17/h1-9,12,20-21,24,27H,10-11,13-14H2,(H,26,28)/t20-,21+/m0/s1. The van der Waals surface area contributed by atoms with Gasteiger partial charge in [0.2, 0.25) is 0 Å². The number of aliphatic hydroxyl groups is 1. The molecule has 2 aromatic carbocycles. The monoisotopic (exact) mass is 373 g/mol. The summed E-state index contributed by atoms with van der Waals surface area (Å²) in [5.41, 5.74) is 3.12. The van der Waals surface area contributed by atoms with Crippen LogP contribution in [0, 0.1) is 0 Å². The molecule has 5 rings (SSSR count). The average Bonchev–Trinajstić information content (AvgIpc) is 2.97. The summed E-state index contributed by atoms with van der Waals surface area (Å²) in [6.45, 7) is 1.75. The van der Waals surface area contributed by atoms with Gasteiger partial charge in [-0.15, -0.1) is 0 Å². The second-order valence-electron chi connectivity index (χ2n) is 7.77. The van der Waals surface area contributed by atoms with Gasteiger partial charge >= 0.3 is 0 Å². The molecule has 5 nitrogen and oxygen atoms in total. The number of fused-ring (bicyclic) bond motifs is 3. The maximum absolute atomic E-state index is 13.2. The molecule has 5 heteroatoms. The lowest BCUT2D eigenvalue weighted by Gasteiger charge is -2.38. The van der Waals surface area contributed by atoms with Crippen molar-refractivity contribution in [2.75, 3.05) is 13.1 Å². The minimum absolute atomic E-state index is 0.200. The van der Waals surface area contributed by atoms with Gasteiger partial charge in [-0.25, -0.2) is 0 Å². The third-order valence-electron chi connectivity index (χ3n) is 6.37. The summed E-state index contributed by atoms with van der Waals surface area (Å²) >= 11 is 0. The molecule has 0 bridgehead atoms. The van der Waals surface area contributed by atoms with Crippen molar-refractivity contribution in [3.63, 3.8) is 0 Å². The first-order valence-electron chi connectivity index (χ1n) is 9.83. The Bertz CT molecular complexity index is 1040. The molecule has 1 amide bonds. The number of para-hydroxylation sites is 1. The molecule has 3 aromatic rings. The highest BCUT2D eigenvalue weighted by Crippen LogP contribution is 2.50. The Morgan fingerprint density at radius 2 is 1.86 bits per heavy atom. The summed E-state index contributed by atoms with van der Waals surface area (Å²) < 4.78 is 0. The molecule has 142 valence electrons. The van der Waals surface area contributed by atoms with E-state index in [-0.39, 0.29) is 11.3 Å². The zero-order chi connectivity index (χ0) is 19.1. The lowest BCUT2D eigenvalue weighted by Crippen LogP contribution is -2.48. The highest BCUT2D eigenvalue weighted by molar-refractivity contribution is 6.05. The summed E-state index contributed by atoms with van der Waals surface area (Å²) in [6.07, 6.45) is 2.79. The number of benzene rings is 2. The maximum atomic E-state index is 13.2. The van der Waals surface area contributed by atoms with Crippen LogP contribution in [0.4, 0.5) is 0 Å². The highest BCUT2D eigenvalue weighted by Gasteiger charge is 2.52. The van der Waals surface area contributed by atoms with Crippen LogP contribution in [0.2, 0.25) is 0 Å². The zero-order valence-electron chi connectivity index (χ0n) is 15.6. The number of hydrogen-bond acceptors (Lipinski definition) is 4. The number of aromatic nitrogens is 1. The van der Waals surface area contributed by atoms with Crippen molar-refractivity contribution >= 4 is 16.8 Å². The van der Waals surface area contributed by atoms with E-state index in [4.69, 9.17) is 0 Å². The third kappa shape index (κ3) is 2.54. The topological polar surface area (TPSA) is 74.2 Å². The van der Waals surface area contributed by atoms with Crippen molar-refractivity contribution in [3.8, 4) is 0 Å². The predicted octanol–water partition coefficient (Wildman–Crippen LogP) is 2.70. The molecule has 0 radical (unpaired) electrons. The van der Waals surface area contributed by atoms with Crippen LogP contribution >= 0.6 is 0 Å². The summed E-state index contributed by atoms with van der Waals surface area (Å²) in [7, 11) is 0. The van der Waals surface area contributed by atoms with Crippen LogP contribution < -0.4 is 10.6 Å². The second kappa shape index (κ2) is 6.69. The Kier molecular flexibility index (Phi) is 4.14. The van der Waals surface area contributed by atoms with Crippen molar-refractivity contribution in [2.24, 2.45) is 0 Å². The van der Waals surface area contributed by atoms with Gasteiger partial charge in [0.1, 0.15) is 0 Å². The minimum atomic E-state index is -0.640. The molecule has 0 saturated carbocycles. The minimum Gasteiger partial charge on any atom is -0.390 e. The molecule has 1 saturated heterocycles. The van der Waals surface area contributed by atoms with E-state index in [9.17, 15) is 9.90 Å². The number of pyridine rings is 1. The van der Waals surface area contributed by atoms with Gasteiger partial charge in [-0.2, -0.15) is 0 Å². The van der Waals surface area contributed by atoms with Crippen molar-refractivity contribution in [2.45, 2.75) is 30.4 Å². The van der Waals surface area contributed by atoms with E-state index in [1.807, 2.05) is 42.5 Å². The van der Waals surface area contributed by atoms with Crippen LogP contribution in [0.5, 0.6) is 0 Å². The Balaban J connectivity index is 1.52. The Morgan fingerprint density at radius 3 is 2.71 bits per heavy atom. The van der Waals surface area contributed by atoms with Crippen LogP contribution in [-0.4, -0.2) is 35.2 Å². The molecular weight excluding hydrogens is 350 g/mol. The Labute approximate surface area is 163 Å². The van der Waals surface area contributed by atoms with E-state index in [0.29, 0.717) is 11.1 Å². The van der Waals surface area contributed by atoms with Gasteiger partial charge in [-0.3, -0.25) is 9.78 Å². The molecule has 0 unspecified atom stereocenters. The van der Waals surface area contributed by atoms with Crippen LogP contribution in [0.25, 0.3) is 10.9 Å². The number of amides is 1. The predicted molar refractivity (Wildman–Crippen MR) is 108 cm³/mol. The quantitative estimate of drug-likeness (QED) is 0.646. The SMILES string of the molecule is O=C(N[C@H]1c2ccccc2C2(CCNCC2)[C@@H]1O)c1cccc2cccnc12. The number of piperidine rings is 1. The highest BCUT2D eigenvalue weighted by atomic mass is 16.3. The normalized spacial score (nSPS) is 22.9. The molecular formula is C23H23N3O2. The van der Waals surface area contributed by atoms with E-state index < -0.39 is 12.1 Å². The van der Waals surface area contributed by atoms with Crippen LogP contribution in [0.15, 0.2) is 60.8 Å². The zero-order valence-corrected chi connectivity index (χ0v) is 15.6. The molecule has 28 heavy (non-hydrogen) atoms.